The fourth-order valence-electron chi connectivity index (χ4n) is 3.72. The van der Waals surface area contributed by atoms with Crippen molar-refractivity contribution in [3.8, 4) is 11.5 Å². The molecule has 7 nitrogen and oxygen atoms in total. The lowest BCUT2D eigenvalue weighted by Gasteiger charge is -2.24. The van der Waals surface area contributed by atoms with Crippen LogP contribution in [0.4, 0.5) is 0 Å². The molecule has 1 fully saturated rings. The fraction of sp³-hybridized carbons (Fsp3) is 0.400. The van der Waals surface area contributed by atoms with E-state index in [4.69, 9.17) is 4.52 Å². The van der Waals surface area contributed by atoms with Gasteiger partial charge in [-0.05, 0) is 38.3 Å². The second-order valence-corrected chi connectivity index (χ2v) is 7.02. The number of likely N-dealkylation sites (tertiary alicyclic amines) is 1. The Morgan fingerprint density at radius 2 is 2.11 bits per heavy atom. The van der Waals surface area contributed by atoms with E-state index in [0.29, 0.717) is 23.7 Å². The number of nitrogens with zero attached hydrogens (tertiary/aromatic N) is 5. The summed E-state index contributed by atoms with van der Waals surface area (Å²) in [6.45, 7) is 2.67. The van der Waals surface area contributed by atoms with Gasteiger partial charge in [-0.3, -0.25) is 9.48 Å². The van der Waals surface area contributed by atoms with Crippen molar-refractivity contribution in [2.75, 3.05) is 6.54 Å². The topological polar surface area (TPSA) is 77.0 Å². The highest BCUT2D eigenvalue weighted by Gasteiger charge is 2.31. The average Bonchev–Trinajstić information content (AvgIpc) is 3.40. The molecule has 0 N–H and O–H groups in total. The second-order valence-electron chi connectivity index (χ2n) is 7.02. The van der Waals surface area contributed by atoms with E-state index in [9.17, 15) is 4.79 Å². The summed E-state index contributed by atoms with van der Waals surface area (Å²) in [7, 11) is 1.84. The van der Waals surface area contributed by atoms with E-state index in [-0.39, 0.29) is 11.9 Å². The maximum Gasteiger partial charge on any atom is 0.257 e. The lowest BCUT2D eigenvalue weighted by Crippen LogP contribution is -2.36. The van der Waals surface area contributed by atoms with E-state index in [1.54, 1.807) is 10.9 Å². The van der Waals surface area contributed by atoms with E-state index in [0.717, 1.165) is 37.1 Å². The molecule has 27 heavy (non-hydrogen) atoms. The monoisotopic (exact) mass is 365 g/mol. The van der Waals surface area contributed by atoms with Crippen molar-refractivity contribution >= 4 is 5.91 Å². The fourth-order valence-corrected chi connectivity index (χ4v) is 3.72. The lowest BCUT2D eigenvalue weighted by molar-refractivity contribution is 0.0729. The summed E-state index contributed by atoms with van der Waals surface area (Å²) in [5, 5.41) is 8.39. The molecule has 1 aliphatic rings. The van der Waals surface area contributed by atoms with Gasteiger partial charge in [0.15, 0.2) is 5.82 Å². The Labute approximate surface area is 158 Å². The third-order valence-electron chi connectivity index (χ3n) is 5.07. The predicted molar refractivity (Wildman–Crippen MR) is 100 cm³/mol. The van der Waals surface area contributed by atoms with Gasteiger partial charge in [-0.1, -0.05) is 23.4 Å². The van der Waals surface area contributed by atoms with Crippen molar-refractivity contribution in [1.82, 2.24) is 24.8 Å². The first kappa shape index (κ1) is 17.5. The molecule has 1 aliphatic heterocycles. The Kier molecular flexibility index (Phi) is 4.75. The van der Waals surface area contributed by atoms with Gasteiger partial charge < -0.3 is 9.42 Å². The molecule has 0 radical (unpaired) electrons. The quantitative estimate of drug-likeness (QED) is 0.695. The molecule has 3 aromatic rings. The van der Waals surface area contributed by atoms with E-state index >= 15 is 0 Å². The van der Waals surface area contributed by atoms with Crippen LogP contribution in [-0.4, -0.2) is 43.3 Å². The van der Waals surface area contributed by atoms with Crippen molar-refractivity contribution in [3.63, 3.8) is 0 Å². The zero-order chi connectivity index (χ0) is 18.8. The minimum atomic E-state index is 0.0705. The number of hydrogen-bond donors (Lipinski definition) is 0. The summed E-state index contributed by atoms with van der Waals surface area (Å²) < 4.78 is 7.07. The molecule has 7 heteroatoms. The molecule has 1 atom stereocenters. The zero-order valence-electron chi connectivity index (χ0n) is 15.6. The van der Waals surface area contributed by atoms with Gasteiger partial charge in [0, 0.05) is 37.8 Å². The van der Waals surface area contributed by atoms with Crippen molar-refractivity contribution in [2.24, 2.45) is 7.05 Å². The average molecular weight is 365 g/mol. The van der Waals surface area contributed by atoms with Crippen LogP contribution < -0.4 is 0 Å². The number of rotatable bonds is 5. The third kappa shape index (κ3) is 3.63. The first-order chi connectivity index (χ1) is 13.1. The summed E-state index contributed by atoms with van der Waals surface area (Å²) in [4.78, 5) is 19.4. The summed E-state index contributed by atoms with van der Waals surface area (Å²) in [5.74, 6) is 1.29. The van der Waals surface area contributed by atoms with Crippen molar-refractivity contribution in [3.05, 3.63) is 53.6 Å². The van der Waals surface area contributed by atoms with Gasteiger partial charge >= 0.3 is 0 Å². The first-order valence-electron chi connectivity index (χ1n) is 9.31. The summed E-state index contributed by atoms with van der Waals surface area (Å²) in [6, 6.07) is 9.95. The molecule has 2 aromatic heterocycles. The molecule has 0 bridgehead atoms. The Hall–Kier alpha value is -2.96. The van der Waals surface area contributed by atoms with E-state index in [1.807, 2.05) is 49.2 Å². The smallest absolute Gasteiger partial charge is 0.257 e. The van der Waals surface area contributed by atoms with Crippen LogP contribution in [0.1, 0.15) is 41.1 Å². The normalized spacial score (nSPS) is 16.8. The van der Waals surface area contributed by atoms with Crippen molar-refractivity contribution in [2.45, 2.75) is 38.6 Å². The maximum absolute atomic E-state index is 12.9. The van der Waals surface area contributed by atoms with Gasteiger partial charge in [0.25, 0.3) is 11.8 Å². The molecule has 4 rings (SSSR count). The molecular weight excluding hydrogens is 342 g/mol. The van der Waals surface area contributed by atoms with Crippen molar-refractivity contribution in [1.29, 1.82) is 0 Å². The van der Waals surface area contributed by atoms with Gasteiger partial charge in [-0.15, -0.1) is 0 Å². The SMILES string of the molecule is Cc1nn(C)cc1C(=O)N1CCCC1CCc1noc(-c2ccccc2)n1. The molecule has 1 saturated heterocycles. The van der Waals surface area contributed by atoms with E-state index in [1.165, 1.54) is 0 Å². The Morgan fingerprint density at radius 1 is 1.30 bits per heavy atom. The van der Waals surface area contributed by atoms with Crippen LogP contribution in [0.2, 0.25) is 0 Å². The highest BCUT2D eigenvalue weighted by molar-refractivity contribution is 5.95. The molecule has 0 aliphatic carbocycles. The number of carbonyl (C=O) groups is 1. The van der Waals surface area contributed by atoms with Gasteiger partial charge in [0.1, 0.15) is 0 Å². The highest BCUT2D eigenvalue weighted by Crippen LogP contribution is 2.25. The van der Waals surface area contributed by atoms with Crippen LogP contribution in [0.5, 0.6) is 0 Å². The third-order valence-corrected chi connectivity index (χ3v) is 5.07. The van der Waals surface area contributed by atoms with Gasteiger partial charge in [0.2, 0.25) is 0 Å². The largest absolute Gasteiger partial charge is 0.336 e. The second kappa shape index (κ2) is 7.34. The molecule has 0 spiro atoms. The highest BCUT2D eigenvalue weighted by atomic mass is 16.5. The number of hydrogen-bond acceptors (Lipinski definition) is 5. The van der Waals surface area contributed by atoms with E-state index < -0.39 is 0 Å². The number of carbonyl (C=O) groups excluding carboxylic acids is 1. The minimum absolute atomic E-state index is 0.0705. The van der Waals surface area contributed by atoms with Crippen LogP contribution in [0.15, 0.2) is 41.1 Å². The van der Waals surface area contributed by atoms with Gasteiger partial charge in [-0.2, -0.15) is 10.1 Å². The number of amides is 1. The van der Waals surface area contributed by atoms with E-state index in [2.05, 4.69) is 15.2 Å². The summed E-state index contributed by atoms with van der Waals surface area (Å²) >= 11 is 0. The molecule has 1 unspecified atom stereocenters. The van der Waals surface area contributed by atoms with Crippen LogP contribution >= 0.6 is 0 Å². The zero-order valence-corrected chi connectivity index (χ0v) is 15.6. The van der Waals surface area contributed by atoms with Crippen LogP contribution in [0.3, 0.4) is 0 Å². The molecule has 140 valence electrons. The van der Waals surface area contributed by atoms with Gasteiger partial charge in [0.05, 0.1) is 11.3 Å². The van der Waals surface area contributed by atoms with Crippen LogP contribution in [0, 0.1) is 6.92 Å². The lowest BCUT2D eigenvalue weighted by atomic mass is 10.1. The standard InChI is InChI=1S/C20H23N5O2/c1-14-17(13-24(2)22-14)20(26)25-12-6-9-16(25)10-11-18-21-19(27-23-18)15-7-4-3-5-8-15/h3-5,7-8,13,16H,6,9-12H2,1-2H3. The number of benzene rings is 1. The maximum atomic E-state index is 12.9. The Bertz CT molecular complexity index is 931. The van der Waals surface area contributed by atoms with Gasteiger partial charge in [-0.25, -0.2) is 0 Å². The molecular formula is C20H23N5O2. The molecule has 0 saturated carbocycles. The van der Waals surface area contributed by atoms with Crippen molar-refractivity contribution < 1.29 is 9.32 Å². The predicted octanol–water partition coefficient (Wildman–Crippen LogP) is 3.02. The van der Waals surface area contributed by atoms with Crippen LogP contribution in [-0.2, 0) is 13.5 Å². The minimum Gasteiger partial charge on any atom is -0.336 e. The summed E-state index contributed by atoms with van der Waals surface area (Å²) in [6.07, 6.45) is 5.36. The molecule has 1 amide bonds. The Balaban J connectivity index is 1.41. The molecule has 3 heterocycles. The first-order valence-corrected chi connectivity index (χ1v) is 9.31. The summed E-state index contributed by atoms with van der Waals surface area (Å²) in [5.41, 5.74) is 2.38. The number of aromatic nitrogens is 4. The Morgan fingerprint density at radius 3 is 2.85 bits per heavy atom. The van der Waals surface area contributed by atoms with Crippen LogP contribution in [0.25, 0.3) is 11.5 Å². The molecule has 1 aromatic carbocycles. The number of aryl methyl sites for hydroxylation is 3.